The third-order valence-corrected chi connectivity index (χ3v) is 3.80. The summed E-state index contributed by atoms with van der Waals surface area (Å²) in [5, 5.41) is 8.13. The fourth-order valence-corrected chi connectivity index (χ4v) is 2.68. The molecule has 4 heteroatoms. The Morgan fingerprint density at radius 2 is 2.37 bits per heavy atom. The molecule has 2 N–H and O–H groups in total. The standard InChI is InChI=1S/C15H20N4/c1-11-14-3-2-6-18-15(14)12(9-19-11)4-8-17-13-5-7-16-10-13/h2-3,6,9,13,16-17H,4-5,7-8,10H2,1H3. The Labute approximate surface area is 113 Å². The Morgan fingerprint density at radius 3 is 3.21 bits per heavy atom. The number of nitrogens with zero attached hydrogens (tertiary/aromatic N) is 2. The van der Waals surface area contributed by atoms with Gasteiger partial charge in [0.15, 0.2) is 0 Å². The van der Waals surface area contributed by atoms with Gasteiger partial charge in [-0.1, -0.05) is 0 Å². The van der Waals surface area contributed by atoms with Crippen LogP contribution in [0.3, 0.4) is 0 Å². The van der Waals surface area contributed by atoms with Crippen LogP contribution in [0.4, 0.5) is 0 Å². The fraction of sp³-hybridized carbons (Fsp3) is 0.467. The second kappa shape index (κ2) is 5.63. The minimum atomic E-state index is 0.623. The van der Waals surface area contributed by atoms with Crippen LogP contribution in [0.1, 0.15) is 17.7 Å². The number of aromatic nitrogens is 2. The summed E-state index contributed by atoms with van der Waals surface area (Å²) in [7, 11) is 0. The number of nitrogens with one attached hydrogen (secondary N) is 2. The van der Waals surface area contributed by atoms with Crippen LogP contribution in [-0.4, -0.2) is 35.6 Å². The summed E-state index contributed by atoms with van der Waals surface area (Å²) in [6, 6.07) is 4.70. The molecular formula is C15H20N4. The molecule has 0 bridgehead atoms. The lowest BCUT2D eigenvalue weighted by molar-refractivity contribution is 0.550. The van der Waals surface area contributed by atoms with Gasteiger partial charge >= 0.3 is 0 Å². The van der Waals surface area contributed by atoms with E-state index in [0.717, 1.165) is 37.3 Å². The molecule has 0 aromatic carbocycles. The molecule has 3 rings (SSSR count). The second-order valence-electron chi connectivity index (χ2n) is 5.16. The average Bonchev–Trinajstić information content (AvgIpc) is 2.95. The van der Waals surface area contributed by atoms with Gasteiger partial charge in [-0.15, -0.1) is 0 Å². The summed E-state index contributed by atoms with van der Waals surface area (Å²) in [4.78, 5) is 8.99. The molecular weight excluding hydrogens is 236 g/mol. The van der Waals surface area contributed by atoms with Crippen molar-refractivity contribution in [2.24, 2.45) is 0 Å². The highest BCUT2D eigenvalue weighted by Crippen LogP contribution is 2.18. The van der Waals surface area contributed by atoms with Crippen LogP contribution >= 0.6 is 0 Å². The van der Waals surface area contributed by atoms with Gasteiger partial charge in [0.1, 0.15) is 0 Å². The van der Waals surface area contributed by atoms with Gasteiger partial charge in [0.25, 0.3) is 0 Å². The SMILES string of the molecule is Cc1ncc(CCNC2CCNC2)c2ncccc12. The minimum Gasteiger partial charge on any atom is -0.315 e. The molecule has 0 radical (unpaired) electrons. The number of pyridine rings is 2. The zero-order valence-electron chi connectivity index (χ0n) is 11.3. The number of fused-ring (bicyclic) bond motifs is 1. The lowest BCUT2D eigenvalue weighted by Crippen LogP contribution is -2.32. The van der Waals surface area contributed by atoms with Gasteiger partial charge < -0.3 is 10.6 Å². The van der Waals surface area contributed by atoms with E-state index in [9.17, 15) is 0 Å². The van der Waals surface area contributed by atoms with E-state index in [-0.39, 0.29) is 0 Å². The highest BCUT2D eigenvalue weighted by molar-refractivity contribution is 5.83. The maximum atomic E-state index is 4.51. The minimum absolute atomic E-state index is 0.623. The van der Waals surface area contributed by atoms with E-state index in [2.05, 4.69) is 26.7 Å². The van der Waals surface area contributed by atoms with E-state index in [1.807, 2.05) is 25.4 Å². The van der Waals surface area contributed by atoms with Gasteiger partial charge in [0, 0.05) is 36.1 Å². The third-order valence-electron chi connectivity index (χ3n) is 3.80. The van der Waals surface area contributed by atoms with Crippen LogP contribution in [0.15, 0.2) is 24.5 Å². The van der Waals surface area contributed by atoms with Crippen LogP contribution < -0.4 is 10.6 Å². The Hall–Kier alpha value is -1.52. The highest BCUT2D eigenvalue weighted by atomic mass is 15.0. The molecule has 3 heterocycles. The van der Waals surface area contributed by atoms with Gasteiger partial charge in [0.05, 0.1) is 5.52 Å². The largest absolute Gasteiger partial charge is 0.315 e. The first-order valence-corrected chi connectivity index (χ1v) is 6.98. The molecule has 1 fully saturated rings. The van der Waals surface area contributed by atoms with Gasteiger partial charge in [-0.25, -0.2) is 0 Å². The van der Waals surface area contributed by atoms with Crippen molar-refractivity contribution in [3.05, 3.63) is 35.8 Å². The van der Waals surface area contributed by atoms with Gasteiger partial charge in [-0.05, 0) is 50.6 Å². The zero-order chi connectivity index (χ0) is 13.1. The van der Waals surface area contributed by atoms with Crippen molar-refractivity contribution in [1.82, 2.24) is 20.6 Å². The van der Waals surface area contributed by atoms with Crippen LogP contribution in [0.25, 0.3) is 10.9 Å². The van der Waals surface area contributed by atoms with Crippen molar-refractivity contribution in [3.8, 4) is 0 Å². The van der Waals surface area contributed by atoms with Crippen molar-refractivity contribution in [3.63, 3.8) is 0 Å². The second-order valence-corrected chi connectivity index (χ2v) is 5.16. The van der Waals surface area contributed by atoms with E-state index >= 15 is 0 Å². The van der Waals surface area contributed by atoms with Crippen molar-refractivity contribution in [2.45, 2.75) is 25.8 Å². The molecule has 1 atom stereocenters. The molecule has 0 aliphatic carbocycles. The monoisotopic (exact) mass is 256 g/mol. The normalized spacial score (nSPS) is 19.1. The van der Waals surface area contributed by atoms with Crippen molar-refractivity contribution in [2.75, 3.05) is 19.6 Å². The number of hydrogen-bond donors (Lipinski definition) is 2. The molecule has 2 aromatic rings. The molecule has 0 spiro atoms. The van der Waals surface area contributed by atoms with E-state index in [1.54, 1.807) is 0 Å². The fourth-order valence-electron chi connectivity index (χ4n) is 2.68. The van der Waals surface area contributed by atoms with Crippen LogP contribution in [0.2, 0.25) is 0 Å². The topological polar surface area (TPSA) is 49.8 Å². The van der Waals surface area contributed by atoms with Crippen molar-refractivity contribution >= 4 is 10.9 Å². The maximum absolute atomic E-state index is 4.51. The predicted molar refractivity (Wildman–Crippen MR) is 77.3 cm³/mol. The average molecular weight is 256 g/mol. The van der Waals surface area contributed by atoms with Gasteiger partial charge in [-0.2, -0.15) is 0 Å². The van der Waals surface area contributed by atoms with E-state index in [1.165, 1.54) is 17.4 Å². The summed E-state index contributed by atoms with van der Waals surface area (Å²) in [5.41, 5.74) is 3.39. The number of hydrogen-bond acceptors (Lipinski definition) is 4. The summed E-state index contributed by atoms with van der Waals surface area (Å²) in [5.74, 6) is 0. The summed E-state index contributed by atoms with van der Waals surface area (Å²) < 4.78 is 0. The van der Waals surface area contributed by atoms with Crippen molar-refractivity contribution in [1.29, 1.82) is 0 Å². The first-order chi connectivity index (χ1) is 9.34. The van der Waals surface area contributed by atoms with E-state index in [4.69, 9.17) is 0 Å². The zero-order valence-corrected chi connectivity index (χ0v) is 11.3. The first kappa shape index (κ1) is 12.5. The van der Waals surface area contributed by atoms with Gasteiger partial charge in [-0.3, -0.25) is 9.97 Å². The highest BCUT2D eigenvalue weighted by Gasteiger charge is 2.13. The van der Waals surface area contributed by atoms with Crippen molar-refractivity contribution < 1.29 is 0 Å². The third kappa shape index (κ3) is 2.74. The van der Waals surface area contributed by atoms with E-state index < -0.39 is 0 Å². The van der Waals surface area contributed by atoms with E-state index in [0.29, 0.717) is 6.04 Å². The van der Waals surface area contributed by atoms with Crippen LogP contribution in [0.5, 0.6) is 0 Å². The molecule has 4 nitrogen and oxygen atoms in total. The molecule has 100 valence electrons. The lowest BCUT2D eigenvalue weighted by Gasteiger charge is -2.12. The molecule has 19 heavy (non-hydrogen) atoms. The Kier molecular flexibility index (Phi) is 3.71. The molecule has 2 aromatic heterocycles. The Morgan fingerprint density at radius 1 is 1.42 bits per heavy atom. The van der Waals surface area contributed by atoms with Gasteiger partial charge in [0.2, 0.25) is 0 Å². The van der Waals surface area contributed by atoms with Crippen LogP contribution in [0, 0.1) is 6.92 Å². The molecule has 1 saturated heterocycles. The lowest BCUT2D eigenvalue weighted by atomic mass is 10.1. The summed E-state index contributed by atoms with van der Waals surface area (Å²) in [6.45, 7) is 5.25. The Balaban J connectivity index is 1.72. The molecule has 0 amide bonds. The molecule has 0 saturated carbocycles. The predicted octanol–water partition coefficient (Wildman–Crippen LogP) is 1.43. The quantitative estimate of drug-likeness (QED) is 0.869. The summed E-state index contributed by atoms with van der Waals surface area (Å²) in [6.07, 6.45) is 6.04. The molecule has 1 aliphatic heterocycles. The number of rotatable bonds is 4. The molecule has 1 unspecified atom stereocenters. The number of aryl methyl sites for hydroxylation is 1. The van der Waals surface area contributed by atoms with Crippen LogP contribution in [-0.2, 0) is 6.42 Å². The summed E-state index contributed by atoms with van der Waals surface area (Å²) >= 11 is 0. The Bertz CT molecular complexity index is 561. The molecule has 1 aliphatic rings. The maximum Gasteiger partial charge on any atom is 0.0767 e. The smallest absolute Gasteiger partial charge is 0.0767 e. The first-order valence-electron chi connectivity index (χ1n) is 6.98.